The molecule has 0 aliphatic carbocycles. The van der Waals surface area contributed by atoms with Gasteiger partial charge >= 0.3 is 11.9 Å². The number of rotatable bonds is 6. The zero-order valence-corrected chi connectivity index (χ0v) is 13.4. The van der Waals surface area contributed by atoms with Gasteiger partial charge in [0.25, 0.3) is 0 Å². The summed E-state index contributed by atoms with van der Waals surface area (Å²) in [7, 11) is 0. The van der Waals surface area contributed by atoms with Gasteiger partial charge in [0.05, 0.1) is 26.3 Å². The van der Waals surface area contributed by atoms with Gasteiger partial charge in [0.15, 0.2) is 13.1 Å². The molecular formula is C13H24BrNO4. The summed E-state index contributed by atoms with van der Waals surface area (Å²) in [4.78, 5) is 23.3. The molecule has 0 bridgehead atoms. The quantitative estimate of drug-likeness (QED) is 0.420. The number of carbonyl (C=O) groups excluding carboxylic acids is 2. The second-order valence-electron chi connectivity index (χ2n) is 4.78. The maximum atomic E-state index is 11.7. The fourth-order valence-corrected chi connectivity index (χ4v) is 2.52. The van der Waals surface area contributed by atoms with E-state index in [0.29, 0.717) is 17.7 Å². The van der Waals surface area contributed by atoms with Crippen molar-refractivity contribution in [2.24, 2.45) is 0 Å². The van der Waals surface area contributed by atoms with E-state index in [1.807, 2.05) is 0 Å². The number of likely N-dealkylation sites (tertiary alicyclic amines) is 1. The third kappa shape index (κ3) is 6.38. The van der Waals surface area contributed by atoms with Gasteiger partial charge in [-0.15, -0.1) is 0 Å². The van der Waals surface area contributed by atoms with E-state index < -0.39 is 0 Å². The zero-order chi connectivity index (χ0) is 13.4. The van der Waals surface area contributed by atoms with E-state index >= 15 is 0 Å². The van der Waals surface area contributed by atoms with Gasteiger partial charge in [-0.1, -0.05) is 0 Å². The van der Waals surface area contributed by atoms with Crippen molar-refractivity contribution in [3.05, 3.63) is 0 Å². The summed E-state index contributed by atoms with van der Waals surface area (Å²) in [5.74, 6) is -0.438. The third-order valence-electron chi connectivity index (χ3n) is 3.30. The summed E-state index contributed by atoms with van der Waals surface area (Å²) >= 11 is 0. The minimum absolute atomic E-state index is 0. The number of nitrogens with zero attached hydrogens (tertiary/aromatic N) is 1. The van der Waals surface area contributed by atoms with Crippen molar-refractivity contribution in [1.82, 2.24) is 0 Å². The topological polar surface area (TPSA) is 52.6 Å². The molecule has 5 nitrogen and oxygen atoms in total. The third-order valence-corrected chi connectivity index (χ3v) is 3.30. The lowest BCUT2D eigenvalue weighted by Gasteiger charge is -2.39. The van der Waals surface area contributed by atoms with Gasteiger partial charge in [-0.25, -0.2) is 9.59 Å². The smallest absolute Gasteiger partial charge is 0.361 e. The van der Waals surface area contributed by atoms with Gasteiger partial charge in [-0.05, 0) is 33.1 Å². The molecule has 0 atom stereocenters. The number of piperidine rings is 1. The Labute approximate surface area is 125 Å². The Morgan fingerprint density at radius 1 is 0.895 bits per heavy atom. The number of halogens is 1. The lowest BCUT2D eigenvalue weighted by atomic mass is 10.1. The Kier molecular flexibility index (Phi) is 9.01. The number of quaternary nitrogens is 1. The van der Waals surface area contributed by atoms with Crippen LogP contribution in [-0.2, 0) is 19.1 Å². The Morgan fingerprint density at radius 2 is 1.32 bits per heavy atom. The van der Waals surface area contributed by atoms with Crippen molar-refractivity contribution < 1.29 is 40.5 Å². The zero-order valence-electron chi connectivity index (χ0n) is 11.8. The molecule has 0 radical (unpaired) electrons. The average molecular weight is 338 g/mol. The molecule has 1 fully saturated rings. The molecule has 0 aromatic heterocycles. The number of carbonyl (C=O) groups is 2. The maximum absolute atomic E-state index is 11.7. The average Bonchev–Trinajstić information content (AvgIpc) is 2.30. The molecule has 19 heavy (non-hydrogen) atoms. The van der Waals surface area contributed by atoms with Crippen LogP contribution in [0.2, 0.25) is 0 Å². The van der Waals surface area contributed by atoms with E-state index in [1.54, 1.807) is 13.8 Å². The lowest BCUT2D eigenvalue weighted by Crippen LogP contribution is -3.00. The summed E-state index contributed by atoms with van der Waals surface area (Å²) in [6.45, 7) is 6.65. The maximum Gasteiger partial charge on any atom is 0.361 e. The lowest BCUT2D eigenvalue weighted by molar-refractivity contribution is -0.919. The Hall–Kier alpha value is -0.620. The normalized spacial score (nSPS) is 17.2. The summed E-state index contributed by atoms with van der Waals surface area (Å²) in [5.41, 5.74) is 0. The van der Waals surface area contributed by atoms with Crippen LogP contribution in [0.1, 0.15) is 33.1 Å². The predicted octanol–water partition coefficient (Wildman–Crippen LogP) is -1.88. The summed E-state index contributed by atoms with van der Waals surface area (Å²) < 4.78 is 10.5. The molecule has 6 heteroatoms. The summed E-state index contributed by atoms with van der Waals surface area (Å²) in [6.07, 6.45) is 3.28. The molecule has 0 aromatic rings. The van der Waals surface area contributed by atoms with E-state index in [9.17, 15) is 9.59 Å². The van der Waals surface area contributed by atoms with Gasteiger partial charge in [0.1, 0.15) is 0 Å². The van der Waals surface area contributed by atoms with E-state index in [-0.39, 0.29) is 42.0 Å². The van der Waals surface area contributed by atoms with Crippen LogP contribution >= 0.6 is 0 Å². The van der Waals surface area contributed by atoms with Crippen LogP contribution in [0.3, 0.4) is 0 Å². The molecule has 0 amide bonds. The van der Waals surface area contributed by atoms with Gasteiger partial charge < -0.3 is 30.9 Å². The molecule has 0 unspecified atom stereocenters. The molecule has 1 saturated heterocycles. The Bertz CT molecular complexity index is 268. The Morgan fingerprint density at radius 3 is 1.68 bits per heavy atom. The van der Waals surface area contributed by atoms with Gasteiger partial charge in [-0.2, -0.15) is 0 Å². The van der Waals surface area contributed by atoms with Crippen LogP contribution in [-0.4, -0.2) is 55.8 Å². The predicted molar refractivity (Wildman–Crippen MR) is 66.8 cm³/mol. The van der Waals surface area contributed by atoms with E-state index in [0.717, 1.165) is 25.9 Å². The van der Waals surface area contributed by atoms with Gasteiger partial charge in [0.2, 0.25) is 0 Å². The number of hydrogen-bond donors (Lipinski definition) is 0. The molecule has 112 valence electrons. The van der Waals surface area contributed by atoms with Crippen LogP contribution < -0.4 is 17.0 Å². The minimum atomic E-state index is -0.219. The molecule has 0 aromatic carbocycles. The van der Waals surface area contributed by atoms with Crippen molar-refractivity contribution in [2.45, 2.75) is 33.1 Å². The SMILES string of the molecule is CCOC(=O)C[N+]1(CC(=O)OCC)CCCCC1.[Br-]. The first kappa shape index (κ1) is 18.4. The van der Waals surface area contributed by atoms with Crippen LogP contribution in [0, 0.1) is 0 Å². The van der Waals surface area contributed by atoms with Crippen LogP contribution in [0.5, 0.6) is 0 Å². The monoisotopic (exact) mass is 337 g/mol. The number of ether oxygens (including phenoxy) is 2. The summed E-state index contributed by atoms with van der Waals surface area (Å²) in [5, 5.41) is 0. The fraction of sp³-hybridized carbons (Fsp3) is 0.846. The fourth-order valence-electron chi connectivity index (χ4n) is 2.52. The van der Waals surface area contributed by atoms with Crippen molar-refractivity contribution in [1.29, 1.82) is 0 Å². The molecule has 0 N–H and O–H groups in total. The molecular weight excluding hydrogens is 314 g/mol. The molecule has 0 saturated carbocycles. The molecule has 1 aliphatic heterocycles. The van der Waals surface area contributed by atoms with Crippen molar-refractivity contribution in [3.8, 4) is 0 Å². The summed E-state index contributed by atoms with van der Waals surface area (Å²) in [6, 6.07) is 0. The second-order valence-corrected chi connectivity index (χ2v) is 4.78. The van der Waals surface area contributed by atoms with Gasteiger partial charge in [-0.3, -0.25) is 0 Å². The number of esters is 2. The standard InChI is InChI=1S/C13H24NO4.BrH/c1-3-17-12(15)10-14(8-6-5-7-9-14)11-13(16)18-4-2;/h3-11H2,1-2H3;1H/q+1;/p-1. The highest BCUT2D eigenvalue weighted by Gasteiger charge is 2.35. The van der Waals surface area contributed by atoms with Crippen molar-refractivity contribution >= 4 is 11.9 Å². The first-order valence-electron chi connectivity index (χ1n) is 6.78. The Balaban J connectivity index is 0.00000324. The van der Waals surface area contributed by atoms with Crippen LogP contribution in [0.4, 0.5) is 0 Å². The molecule has 1 aliphatic rings. The van der Waals surface area contributed by atoms with Crippen LogP contribution in [0.15, 0.2) is 0 Å². The van der Waals surface area contributed by atoms with E-state index in [1.165, 1.54) is 6.42 Å². The first-order chi connectivity index (χ1) is 8.62. The second kappa shape index (κ2) is 9.31. The van der Waals surface area contributed by atoms with Crippen LogP contribution in [0.25, 0.3) is 0 Å². The number of hydrogen-bond acceptors (Lipinski definition) is 4. The minimum Gasteiger partial charge on any atom is -1.00 e. The van der Waals surface area contributed by atoms with Gasteiger partial charge in [0, 0.05) is 0 Å². The highest BCUT2D eigenvalue weighted by molar-refractivity contribution is 5.73. The van der Waals surface area contributed by atoms with Crippen molar-refractivity contribution in [2.75, 3.05) is 39.4 Å². The first-order valence-corrected chi connectivity index (χ1v) is 6.78. The van der Waals surface area contributed by atoms with E-state index in [4.69, 9.17) is 9.47 Å². The molecule has 0 spiro atoms. The highest BCUT2D eigenvalue weighted by atomic mass is 79.9. The highest BCUT2D eigenvalue weighted by Crippen LogP contribution is 2.19. The molecule has 1 heterocycles. The van der Waals surface area contributed by atoms with E-state index in [2.05, 4.69) is 0 Å². The van der Waals surface area contributed by atoms with Crippen molar-refractivity contribution in [3.63, 3.8) is 0 Å². The largest absolute Gasteiger partial charge is 1.00 e. The molecule has 1 rings (SSSR count).